The van der Waals surface area contributed by atoms with Crippen molar-refractivity contribution in [3.8, 4) is 0 Å². The quantitative estimate of drug-likeness (QED) is 0.604. The molecule has 1 unspecified atom stereocenters. The van der Waals surface area contributed by atoms with Gasteiger partial charge in [-0.3, -0.25) is 10.1 Å². The number of nitro benzene ring substituents is 1. The highest BCUT2D eigenvalue weighted by molar-refractivity contribution is 5.40. The van der Waals surface area contributed by atoms with E-state index in [1.807, 2.05) is 6.07 Å². The number of hydrogen-bond acceptors (Lipinski definition) is 3. The molecule has 0 heterocycles. The first-order valence-corrected chi connectivity index (χ1v) is 5.16. The van der Waals surface area contributed by atoms with E-state index in [2.05, 4.69) is 0 Å². The number of para-hydroxylation sites is 1. The molecule has 0 spiro atoms. The van der Waals surface area contributed by atoms with Crippen LogP contribution in [-0.2, 0) is 6.42 Å². The van der Waals surface area contributed by atoms with Gasteiger partial charge in [0.2, 0.25) is 0 Å². The van der Waals surface area contributed by atoms with Crippen LogP contribution in [0.4, 0.5) is 5.69 Å². The van der Waals surface area contributed by atoms with Crippen molar-refractivity contribution in [1.29, 1.82) is 0 Å². The van der Waals surface area contributed by atoms with Crippen LogP contribution in [0.2, 0.25) is 0 Å². The zero-order valence-electron chi connectivity index (χ0n) is 8.43. The maximum absolute atomic E-state index is 10.8. The van der Waals surface area contributed by atoms with Crippen molar-refractivity contribution in [1.82, 2.24) is 0 Å². The lowest BCUT2D eigenvalue weighted by Crippen LogP contribution is -2.25. The molecule has 1 aliphatic rings. The molecule has 2 N–H and O–H groups in total. The van der Waals surface area contributed by atoms with Crippen LogP contribution >= 0.6 is 0 Å². The first kappa shape index (κ1) is 10.1. The van der Waals surface area contributed by atoms with Gasteiger partial charge in [-0.25, -0.2) is 0 Å². The predicted octanol–water partition coefficient (Wildman–Crippen LogP) is 1.87. The largest absolute Gasteiger partial charge is 0.327 e. The number of rotatable bonds is 4. The van der Waals surface area contributed by atoms with Crippen LogP contribution in [0.25, 0.3) is 0 Å². The summed E-state index contributed by atoms with van der Waals surface area (Å²) in [5.74, 6) is 0.574. The van der Waals surface area contributed by atoms with Gasteiger partial charge in [0.25, 0.3) is 5.69 Å². The highest BCUT2D eigenvalue weighted by Gasteiger charge is 2.29. The Labute approximate surface area is 88.2 Å². The first-order valence-electron chi connectivity index (χ1n) is 5.16. The summed E-state index contributed by atoms with van der Waals surface area (Å²) in [4.78, 5) is 10.4. The number of nitrogens with zero attached hydrogens (tertiary/aromatic N) is 1. The highest BCUT2D eigenvalue weighted by atomic mass is 16.6. The molecule has 1 fully saturated rings. The monoisotopic (exact) mass is 206 g/mol. The van der Waals surface area contributed by atoms with Crippen LogP contribution in [0.15, 0.2) is 24.3 Å². The molecule has 0 amide bonds. The molecule has 0 aromatic heterocycles. The maximum atomic E-state index is 10.8. The SMILES string of the molecule is NC(Cc1ccccc1[N+](=O)[O-])C1CC1. The van der Waals surface area contributed by atoms with Gasteiger partial charge in [0.05, 0.1) is 4.92 Å². The van der Waals surface area contributed by atoms with Crippen LogP contribution in [-0.4, -0.2) is 11.0 Å². The van der Waals surface area contributed by atoms with Crippen LogP contribution in [0, 0.1) is 16.0 Å². The lowest BCUT2D eigenvalue weighted by Gasteiger charge is -2.09. The van der Waals surface area contributed by atoms with Crippen molar-refractivity contribution in [3.05, 3.63) is 39.9 Å². The van der Waals surface area contributed by atoms with Crippen molar-refractivity contribution < 1.29 is 4.92 Å². The first-order chi connectivity index (χ1) is 7.18. The van der Waals surface area contributed by atoms with E-state index in [9.17, 15) is 10.1 Å². The van der Waals surface area contributed by atoms with Gasteiger partial charge in [-0.2, -0.15) is 0 Å². The van der Waals surface area contributed by atoms with E-state index in [0.29, 0.717) is 12.3 Å². The molecule has 0 bridgehead atoms. The average Bonchev–Trinajstić information content (AvgIpc) is 3.01. The molecule has 1 aromatic carbocycles. The minimum atomic E-state index is -0.338. The van der Waals surface area contributed by atoms with E-state index >= 15 is 0 Å². The number of nitrogens with two attached hydrogens (primary N) is 1. The van der Waals surface area contributed by atoms with Gasteiger partial charge < -0.3 is 5.73 Å². The molecule has 4 heteroatoms. The van der Waals surface area contributed by atoms with E-state index in [1.54, 1.807) is 12.1 Å². The molecule has 1 atom stereocenters. The maximum Gasteiger partial charge on any atom is 0.272 e. The zero-order valence-corrected chi connectivity index (χ0v) is 8.43. The Bertz CT molecular complexity index is 375. The second-order valence-electron chi connectivity index (χ2n) is 4.09. The summed E-state index contributed by atoms with van der Waals surface area (Å²) in [5, 5.41) is 10.8. The molecule has 0 aliphatic heterocycles. The third-order valence-corrected chi connectivity index (χ3v) is 2.87. The molecule has 80 valence electrons. The second-order valence-corrected chi connectivity index (χ2v) is 4.09. The molecular weight excluding hydrogens is 192 g/mol. The topological polar surface area (TPSA) is 69.2 Å². The minimum absolute atomic E-state index is 0.0751. The predicted molar refractivity (Wildman–Crippen MR) is 57.5 cm³/mol. The van der Waals surface area contributed by atoms with Crippen LogP contribution in [0.5, 0.6) is 0 Å². The number of benzene rings is 1. The lowest BCUT2D eigenvalue weighted by atomic mass is 10.0. The van der Waals surface area contributed by atoms with Gasteiger partial charge in [-0.15, -0.1) is 0 Å². The molecular formula is C11H14N2O2. The standard InChI is InChI=1S/C11H14N2O2/c12-10(8-5-6-8)7-9-3-1-2-4-11(9)13(14)15/h1-4,8,10H,5-7,12H2. The number of hydrogen-bond donors (Lipinski definition) is 1. The highest BCUT2D eigenvalue weighted by Crippen LogP contribution is 2.33. The Hall–Kier alpha value is -1.42. The Morgan fingerprint density at radius 2 is 2.13 bits per heavy atom. The van der Waals surface area contributed by atoms with Gasteiger partial charge in [-0.1, -0.05) is 18.2 Å². The van der Waals surface area contributed by atoms with E-state index < -0.39 is 0 Å². The van der Waals surface area contributed by atoms with Crippen molar-refractivity contribution in [2.24, 2.45) is 11.7 Å². The second kappa shape index (κ2) is 3.98. The Morgan fingerprint density at radius 3 is 2.73 bits per heavy atom. The lowest BCUT2D eigenvalue weighted by molar-refractivity contribution is -0.385. The Balaban J connectivity index is 2.15. The molecule has 0 saturated heterocycles. The number of nitro groups is 1. The van der Waals surface area contributed by atoms with Crippen LogP contribution in [0.1, 0.15) is 18.4 Å². The molecule has 1 aliphatic carbocycles. The Morgan fingerprint density at radius 1 is 1.47 bits per heavy atom. The molecule has 1 saturated carbocycles. The van der Waals surface area contributed by atoms with Gasteiger partial charge in [-0.05, 0) is 25.2 Å². The fourth-order valence-corrected chi connectivity index (χ4v) is 1.81. The summed E-state index contributed by atoms with van der Waals surface area (Å²) in [5.41, 5.74) is 6.90. The summed E-state index contributed by atoms with van der Waals surface area (Å²) in [6, 6.07) is 6.91. The summed E-state index contributed by atoms with van der Waals surface area (Å²) >= 11 is 0. The third kappa shape index (κ3) is 2.33. The molecule has 1 aromatic rings. The molecule has 4 nitrogen and oxygen atoms in total. The fraction of sp³-hybridized carbons (Fsp3) is 0.455. The van der Waals surface area contributed by atoms with E-state index in [1.165, 1.54) is 18.9 Å². The molecule has 2 rings (SSSR count). The summed E-state index contributed by atoms with van der Waals surface area (Å²) < 4.78 is 0. The molecule has 0 radical (unpaired) electrons. The van der Waals surface area contributed by atoms with Gasteiger partial charge in [0.1, 0.15) is 0 Å². The average molecular weight is 206 g/mol. The van der Waals surface area contributed by atoms with E-state index in [-0.39, 0.29) is 16.7 Å². The minimum Gasteiger partial charge on any atom is -0.327 e. The summed E-state index contributed by atoms with van der Waals surface area (Å²) in [6.45, 7) is 0. The van der Waals surface area contributed by atoms with Crippen molar-refractivity contribution in [2.45, 2.75) is 25.3 Å². The van der Waals surface area contributed by atoms with E-state index in [4.69, 9.17) is 5.73 Å². The van der Waals surface area contributed by atoms with Gasteiger partial charge in [0.15, 0.2) is 0 Å². The van der Waals surface area contributed by atoms with E-state index in [0.717, 1.165) is 5.56 Å². The zero-order chi connectivity index (χ0) is 10.8. The van der Waals surface area contributed by atoms with Crippen molar-refractivity contribution >= 4 is 5.69 Å². The summed E-state index contributed by atoms with van der Waals surface area (Å²) in [7, 11) is 0. The smallest absolute Gasteiger partial charge is 0.272 e. The fourth-order valence-electron chi connectivity index (χ4n) is 1.81. The third-order valence-electron chi connectivity index (χ3n) is 2.87. The summed E-state index contributed by atoms with van der Waals surface area (Å²) in [6.07, 6.45) is 2.95. The van der Waals surface area contributed by atoms with Crippen molar-refractivity contribution in [2.75, 3.05) is 0 Å². The van der Waals surface area contributed by atoms with Gasteiger partial charge in [0, 0.05) is 17.7 Å². The van der Waals surface area contributed by atoms with Crippen LogP contribution in [0.3, 0.4) is 0 Å². The molecule has 15 heavy (non-hydrogen) atoms. The van der Waals surface area contributed by atoms with Crippen LogP contribution < -0.4 is 5.73 Å². The van der Waals surface area contributed by atoms with Crippen molar-refractivity contribution in [3.63, 3.8) is 0 Å². The van der Waals surface area contributed by atoms with Gasteiger partial charge >= 0.3 is 0 Å². The Kier molecular flexibility index (Phi) is 2.68. The normalized spacial score (nSPS) is 17.4.